The van der Waals surface area contributed by atoms with Crippen LogP contribution in [0.15, 0.2) is 62.3 Å². The first-order chi connectivity index (χ1) is 12.4. The fourth-order valence-electron chi connectivity index (χ4n) is 3.00. The molecule has 0 spiro atoms. The van der Waals surface area contributed by atoms with E-state index in [1.807, 2.05) is 56.3 Å². The maximum Gasteiger partial charge on any atom is 0.424 e. The highest BCUT2D eigenvalue weighted by atomic mass is 79.9. The van der Waals surface area contributed by atoms with E-state index in [4.69, 9.17) is 4.42 Å². The third-order valence-electron chi connectivity index (χ3n) is 4.50. The van der Waals surface area contributed by atoms with E-state index in [1.54, 1.807) is 6.20 Å². The van der Waals surface area contributed by atoms with Gasteiger partial charge in [0.1, 0.15) is 5.52 Å². The van der Waals surface area contributed by atoms with Crippen molar-refractivity contribution in [3.05, 3.63) is 69.2 Å². The van der Waals surface area contributed by atoms with E-state index in [0.717, 1.165) is 20.9 Å². The van der Waals surface area contributed by atoms with E-state index in [9.17, 15) is 10.1 Å². The molecule has 0 aliphatic rings. The standard InChI is InChI=1S/C20H14BrN3O2/c1-20(2,11-22)12-3-6-14(7-4-12)24-18-15-9-13(21)5-8-16(15)23-10-17(18)26-19(24)25/h3-10H,1-2H3. The van der Waals surface area contributed by atoms with Gasteiger partial charge in [0.25, 0.3) is 0 Å². The van der Waals surface area contributed by atoms with Gasteiger partial charge < -0.3 is 4.42 Å². The molecule has 26 heavy (non-hydrogen) atoms. The van der Waals surface area contributed by atoms with Gasteiger partial charge in [-0.1, -0.05) is 28.1 Å². The minimum atomic E-state index is -0.594. The summed E-state index contributed by atoms with van der Waals surface area (Å²) < 4.78 is 7.83. The van der Waals surface area contributed by atoms with Gasteiger partial charge in [-0.3, -0.25) is 4.98 Å². The van der Waals surface area contributed by atoms with Gasteiger partial charge >= 0.3 is 5.76 Å². The predicted octanol–water partition coefficient (Wildman–Crippen LogP) is 4.70. The van der Waals surface area contributed by atoms with Crippen LogP contribution in [0.3, 0.4) is 0 Å². The fraction of sp³-hybridized carbons (Fsp3) is 0.150. The summed E-state index contributed by atoms with van der Waals surface area (Å²) in [6.07, 6.45) is 1.57. The molecule has 0 atom stereocenters. The number of oxazole rings is 1. The van der Waals surface area contributed by atoms with E-state index >= 15 is 0 Å². The van der Waals surface area contributed by atoms with E-state index in [0.29, 0.717) is 16.8 Å². The molecule has 5 nitrogen and oxygen atoms in total. The Balaban J connectivity index is 2.00. The van der Waals surface area contributed by atoms with Crippen molar-refractivity contribution < 1.29 is 4.42 Å². The molecule has 0 aliphatic carbocycles. The molecule has 0 aliphatic heterocycles. The lowest BCUT2D eigenvalue weighted by Gasteiger charge is -2.16. The Bertz CT molecular complexity index is 1240. The molecule has 2 aromatic heterocycles. The first-order valence-corrected chi connectivity index (χ1v) is 8.82. The Labute approximate surface area is 157 Å². The van der Waals surface area contributed by atoms with Gasteiger partial charge in [-0.15, -0.1) is 0 Å². The average molecular weight is 408 g/mol. The predicted molar refractivity (Wildman–Crippen MR) is 103 cm³/mol. The quantitative estimate of drug-likeness (QED) is 0.482. The molecular weight excluding hydrogens is 394 g/mol. The van der Waals surface area contributed by atoms with Crippen LogP contribution in [-0.4, -0.2) is 9.55 Å². The molecule has 4 rings (SSSR count). The fourth-order valence-corrected chi connectivity index (χ4v) is 3.36. The van der Waals surface area contributed by atoms with Crippen LogP contribution in [0.1, 0.15) is 19.4 Å². The lowest BCUT2D eigenvalue weighted by Crippen LogP contribution is -2.15. The number of aromatic nitrogens is 2. The SMILES string of the molecule is CC(C)(C#N)c1ccc(-n2c(=O)oc3cnc4ccc(Br)cc4c32)cc1. The average Bonchev–Trinajstić information content (AvgIpc) is 2.98. The third kappa shape index (κ3) is 2.52. The van der Waals surface area contributed by atoms with Gasteiger partial charge in [0.15, 0.2) is 5.58 Å². The van der Waals surface area contributed by atoms with Gasteiger partial charge in [0, 0.05) is 9.86 Å². The minimum Gasteiger partial charge on any atom is -0.406 e. The summed E-state index contributed by atoms with van der Waals surface area (Å²) in [7, 11) is 0. The Morgan fingerprint density at radius 2 is 1.92 bits per heavy atom. The van der Waals surface area contributed by atoms with Crippen LogP contribution in [-0.2, 0) is 5.41 Å². The molecule has 0 saturated carbocycles. The van der Waals surface area contributed by atoms with E-state index in [-0.39, 0.29) is 0 Å². The molecule has 0 fully saturated rings. The second-order valence-corrected chi connectivity index (χ2v) is 7.54. The molecule has 0 unspecified atom stereocenters. The molecule has 6 heteroatoms. The summed E-state index contributed by atoms with van der Waals surface area (Å²) in [6, 6.07) is 15.4. The highest BCUT2D eigenvalue weighted by molar-refractivity contribution is 9.10. The van der Waals surface area contributed by atoms with Crippen molar-refractivity contribution in [2.45, 2.75) is 19.3 Å². The molecule has 128 valence electrons. The molecule has 0 bridgehead atoms. The Kier molecular flexibility index (Phi) is 3.70. The molecule has 0 radical (unpaired) electrons. The van der Waals surface area contributed by atoms with Crippen molar-refractivity contribution in [1.82, 2.24) is 9.55 Å². The second-order valence-electron chi connectivity index (χ2n) is 6.62. The van der Waals surface area contributed by atoms with Crippen molar-refractivity contribution in [2.24, 2.45) is 0 Å². The summed E-state index contributed by atoms with van der Waals surface area (Å²) in [5.74, 6) is -0.471. The van der Waals surface area contributed by atoms with E-state index < -0.39 is 11.2 Å². The minimum absolute atomic E-state index is 0.432. The summed E-state index contributed by atoms with van der Waals surface area (Å²) in [5, 5.41) is 10.1. The van der Waals surface area contributed by atoms with E-state index in [1.165, 1.54) is 4.57 Å². The number of hydrogen-bond acceptors (Lipinski definition) is 4. The highest BCUT2D eigenvalue weighted by Crippen LogP contribution is 2.29. The lowest BCUT2D eigenvalue weighted by molar-refractivity contribution is 0.539. The summed E-state index contributed by atoms with van der Waals surface area (Å²) in [5.41, 5.74) is 2.86. The van der Waals surface area contributed by atoms with Crippen molar-refractivity contribution in [1.29, 1.82) is 5.26 Å². The second kappa shape index (κ2) is 5.82. The van der Waals surface area contributed by atoms with E-state index in [2.05, 4.69) is 27.0 Å². The number of halogens is 1. The number of nitriles is 1. The zero-order valence-electron chi connectivity index (χ0n) is 14.2. The molecule has 2 aromatic carbocycles. The van der Waals surface area contributed by atoms with Gasteiger partial charge in [0.2, 0.25) is 0 Å². The number of rotatable bonds is 2. The van der Waals surface area contributed by atoms with Gasteiger partial charge in [-0.2, -0.15) is 5.26 Å². The summed E-state index contributed by atoms with van der Waals surface area (Å²) in [6.45, 7) is 3.72. The smallest absolute Gasteiger partial charge is 0.406 e. The number of nitrogens with zero attached hydrogens (tertiary/aromatic N) is 3. The first kappa shape index (κ1) is 16.6. The topological polar surface area (TPSA) is 71.8 Å². The third-order valence-corrected chi connectivity index (χ3v) is 4.99. The van der Waals surface area contributed by atoms with Crippen LogP contribution in [0.4, 0.5) is 0 Å². The van der Waals surface area contributed by atoms with Gasteiger partial charge in [-0.05, 0) is 49.7 Å². The number of benzene rings is 2. The van der Waals surface area contributed by atoms with Crippen LogP contribution in [0.25, 0.3) is 27.7 Å². The van der Waals surface area contributed by atoms with Crippen molar-refractivity contribution in [3.8, 4) is 11.8 Å². The molecule has 2 heterocycles. The van der Waals surface area contributed by atoms with Crippen molar-refractivity contribution in [3.63, 3.8) is 0 Å². The summed E-state index contributed by atoms with van der Waals surface area (Å²) >= 11 is 3.47. The van der Waals surface area contributed by atoms with Crippen LogP contribution in [0.5, 0.6) is 0 Å². The largest absolute Gasteiger partial charge is 0.424 e. The number of fused-ring (bicyclic) bond motifs is 3. The van der Waals surface area contributed by atoms with Crippen LogP contribution >= 0.6 is 15.9 Å². The zero-order chi connectivity index (χ0) is 18.5. The van der Waals surface area contributed by atoms with Crippen molar-refractivity contribution in [2.75, 3.05) is 0 Å². The molecular formula is C20H14BrN3O2. The Morgan fingerprint density at radius 1 is 1.19 bits per heavy atom. The molecule has 0 amide bonds. The Morgan fingerprint density at radius 3 is 2.62 bits per heavy atom. The summed E-state index contributed by atoms with van der Waals surface area (Å²) in [4.78, 5) is 16.9. The lowest BCUT2D eigenvalue weighted by atomic mass is 9.86. The Hall–Kier alpha value is -2.91. The normalized spacial score (nSPS) is 11.8. The van der Waals surface area contributed by atoms with Crippen molar-refractivity contribution >= 4 is 37.9 Å². The van der Waals surface area contributed by atoms with Crippen LogP contribution in [0, 0.1) is 11.3 Å². The van der Waals surface area contributed by atoms with Crippen LogP contribution in [0.2, 0.25) is 0 Å². The van der Waals surface area contributed by atoms with Crippen LogP contribution < -0.4 is 5.76 Å². The zero-order valence-corrected chi connectivity index (χ0v) is 15.7. The van der Waals surface area contributed by atoms with Gasteiger partial charge in [-0.25, -0.2) is 9.36 Å². The number of pyridine rings is 1. The first-order valence-electron chi connectivity index (χ1n) is 8.03. The maximum atomic E-state index is 12.5. The maximum absolute atomic E-state index is 12.5. The highest BCUT2D eigenvalue weighted by Gasteiger charge is 2.20. The molecule has 0 saturated heterocycles. The number of hydrogen-bond donors (Lipinski definition) is 0. The molecule has 4 aromatic rings. The molecule has 0 N–H and O–H groups in total. The monoisotopic (exact) mass is 407 g/mol. The van der Waals surface area contributed by atoms with Gasteiger partial charge in [0.05, 0.1) is 28.9 Å².